The number of carbonyl (C=O) groups excluding carboxylic acids is 1. The molecule has 0 spiro atoms. The van der Waals surface area contributed by atoms with E-state index in [0.717, 1.165) is 12.1 Å². The maximum atomic E-state index is 14.6. The third kappa shape index (κ3) is 3.44. The molecule has 0 fully saturated rings. The number of ketones is 1. The Morgan fingerprint density at radius 3 is 2.76 bits per heavy atom. The minimum atomic E-state index is -1.12. The van der Waals surface area contributed by atoms with E-state index in [2.05, 4.69) is 9.98 Å². The summed E-state index contributed by atoms with van der Waals surface area (Å²) in [4.78, 5) is 32.3. The zero-order chi connectivity index (χ0) is 20.6. The zero-order valence-corrected chi connectivity index (χ0v) is 15.6. The number of hydrogen-bond acceptors (Lipinski definition) is 5. The molecule has 0 N–H and O–H groups in total. The van der Waals surface area contributed by atoms with Gasteiger partial charge in [-0.3, -0.25) is 24.5 Å². The molecule has 8 heteroatoms. The fourth-order valence-corrected chi connectivity index (χ4v) is 3.58. The van der Waals surface area contributed by atoms with Gasteiger partial charge in [-0.1, -0.05) is 30.3 Å². The fraction of sp³-hybridized carbons (Fsp3) is 0.190. The third-order valence-electron chi connectivity index (χ3n) is 5.03. The lowest BCUT2D eigenvalue weighted by atomic mass is 9.86. The van der Waals surface area contributed by atoms with Gasteiger partial charge in [-0.05, 0) is 13.0 Å². The molecule has 2 heterocycles. The maximum Gasteiger partial charge on any atom is 0.270 e. The van der Waals surface area contributed by atoms with Crippen LogP contribution in [-0.2, 0) is 12.0 Å². The highest BCUT2D eigenvalue weighted by Gasteiger charge is 2.37. The highest BCUT2D eigenvalue weighted by Crippen LogP contribution is 2.36. The monoisotopic (exact) mass is 392 g/mol. The van der Waals surface area contributed by atoms with Gasteiger partial charge in [0.05, 0.1) is 16.9 Å². The summed E-state index contributed by atoms with van der Waals surface area (Å²) in [6, 6.07) is 12.2. The number of hydrogen-bond donors (Lipinski definition) is 0. The second kappa shape index (κ2) is 7.05. The van der Waals surface area contributed by atoms with Crippen LogP contribution in [0.25, 0.3) is 0 Å². The van der Waals surface area contributed by atoms with E-state index in [0.29, 0.717) is 17.2 Å². The van der Waals surface area contributed by atoms with E-state index in [1.54, 1.807) is 48.1 Å². The standard InChI is InChI=1S/C21H17FN4O3/c1-21(16-11-15(26(28)29)7-8-17(16)22)13-20-23-9-10-25(20)19(24-21)12-18(27)14-5-3-2-4-6-14/h2-11H,12-13H2,1H3/t21-/m0/s1. The largest absolute Gasteiger partial charge is 0.294 e. The molecule has 0 radical (unpaired) electrons. The lowest BCUT2D eigenvalue weighted by Crippen LogP contribution is -2.35. The summed E-state index contributed by atoms with van der Waals surface area (Å²) < 4.78 is 16.4. The predicted octanol–water partition coefficient (Wildman–Crippen LogP) is 3.92. The number of aliphatic imine (C=N–C) groups is 1. The van der Waals surface area contributed by atoms with E-state index in [4.69, 9.17) is 0 Å². The molecule has 3 aromatic rings. The van der Waals surface area contributed by atoms with Crippen molar-refractivity contribution in [2.45, 2.75) is 25.3 Å². The van der Waals surface area contributed by atoms with Crippen molar-refractivity contribution in [2.24, 2.45) is 4.99 Å². The number of aromatic nitrogens is 2. The van der Waals surface area contributed by atoms with Crippen LogP contribution in [0.3, 0.4) is 0 Å². The van der Waals surface area contributed by atoms with E-state index in [-0.39, 0.29) is 29.9 Å². The van der Waals surface area contributed by atoms with Gasteiger partial charge < -0.3 is 0 Å². The van der Waals surface area contributed by atoms with Crippen molar-refractivity contribution < 1.29 is 14.1 Å². The van der Waals surface area contributed by atoms with Gasteiger partial charge in [0.1, 0.15) is 17.5 Å². The molecule has 0 saturated carbocycles. The van der Waals surface area contributed by atoms with Gasteiger partial charge in [0.15, 0.2) is 5.78 Å². The Hall–Kier alpha value is -3.68. The van der Waals surface area contributed by atoms with Crippen LogP contribution >= 0.6 is 0 Å². The van der Waals surface area contributed by atoms with Crippen molar-refractivity contribution in [1.29, 1.82) is 0 Å². The number of carbonyl (C=O) groups is 1. The van der Waals surface area contributed by atoms with Crippen molar-refractivity contribution in [3.8, 4) is 0 Å². The molecule has 0 unspecified atom stereocenters. The molecule has 0 amide bonds. The summed E-state index contributed by atoms with van der Waals surface area (Å²) in [6.07, 6.45) is 3.55. The third-order valence-corrected chi connectivity index (χ3v) is 5.03. The molecule has 7 nitrogen and oxygen atoms in total. The lowest BCUT2D eigenvalue weighted by Gasteiger charge is -2.31. The number of nitro groups is 1. The Labute approximate surface area is 165 Å². The number of nitrogens with zero attached hydrogens (tertiary/aromatic N) is 4. The van der Waals surface area contributed by atoms with Gasteiger partial charge in [0, 0.05) is 42.1 Å². The van der Waals surface area contributed by atoms with Crippen LogP contribution < -0.4 is 0 Å². The number of non-ortho nitro benzene ring substituents is 1. The Kier molecular flexibility index (Phi) is 4.54. The topological polar surface area (TPSA) is 90.4 Å². The smallest absolute Gasteiger partial charge is 0.270 e. The summed E-state index contributed by atoms with van der Waals surface area (Å²) >= 11 is 0. The molecule has 29 heavy (non-hydrogen) atoms. The number of imidazole rings is 1. The van der Waals surface area contributed by atoms with Gasteiger partial charge >= 0.3 is 0 Å². The second-order valence-corrected chi connectivity index (χ2v) is 7.08. The summed E-state index contributed by atoms with van der Waals surface area (Å²) in [5.74, 6) is 0.318. The van der Waals surface area contributed by atoms with E-state index >= 15 is 0 Å². The Morgan fingerprint density at radius 1 is 1.28 bits per heavy atom. The molecule has 0 bridgehead atoms. The Balaban J connectivity index is 1.78. The lowest BCUT2D eigenvalue weighted by molar-refractivity contribution is -0.385. The molecule has 2 aromatic carbocycles. The normalized spacial score (nSPS) is 18.1. The first kappa shape index (κ1) is 18.7. The molecule has 146 valence electrons. The number of halogens is 1. The highest BCUT2D eigenvalue weighted by molar-refractivity contribution is 6.10. The molecule has 0 aliphatic carbocycles. The van der Waals surface area contributed by atoms with Gasteiger partial charge in [-0.15, -0.1) is 0 Å². The van der Waals surface area contributed by atoms with Crippen molar-refractivity contribution in [3.05, 3.63) is 93.8 Å². The minimum Gasteiger partial charge on any atom is -0.294 e. The first-order valence-corrected chi connectivity index (χ1v) is 9.01. The number of fused-ring (bicyclic) bond motifs is 1. The van der Waals surface area contributed by atoms with E-state index < -0.39 is 16.3 Å². The van der Waals surface area contributed by atoms with Crippen LogP contribution in [0.4, 0.5) is 10.1 Å². The molecule has 0 saturated heterocycles. The Bertz CT molecular complexity index is 1140. The second-order valence-electron chi connectivity index (χ2n) is 7.08. The molecule has 1 atom stereocenters. The number of benzene rings is 2. The summed E-state index contributed by atoms with van der Waals surface area (Å²) in [7, 11) is 0. The van der Waals surface area contributed by atoms with Crippen LogP contribution in [0, 0.1) is 15.9 Å². The summed E-state index contributed by atoms with van der Waals surface area (Å²) in [5.41, 5.74) is -0.686. The molecular formula is C21H17FN4O3. The van der Waals surface area contributed by atoms with Crippen LogP contribution in [-0.4, -0.2) is 26.1 Å². The molecule has 1 aliphatic rings. The SMILES string of the molecule is C[C@@]1(c2cc([N+](=O)[O-])ccc2F)Cc2nccn2C(CC(=O)c2ccccc2)=N1. The fourth-order valence-electron chi connectivity index (χ4n) is 3.58. The van der Waals surface area contributed by atoms with Crippen LogP contribution in [0.1, 0.15) is 35.1 Å². The molecule has 1 aromatic heterocycles. The number of nitro benzene ring substituents is 1. The quantitative estimate of drug-likeness (QED) is 0.374. The van der Waals surface area contributed by atoms with Crippen molar-refractivity contribution in [3.63, 3.8) is 0 Å². The average Bonchev–Trinajstić information content (AvgIpc) is 3.17. The number of Topliss-reactive ketones (excluding diaryl/α,β-unsaturated/α-hetero) is 1. The minimum absolute atomic E-state index is 0.000487. The van der Waals surface area contributed by atoms with Crippen molar-refractivity contribution >= 4 is 17.3 Å². The zero-order valence-electron chi connectivity index (χ0n) is 15.6. The maximum absolute atomic E-state index is 14.6. The first-order valence-electron chi connectivity index (χ1n) is 9.01. The molecule has 4 rings (SSSR count). The van der Waals surface area contributed by atoms with Crippen molar-refractivity contribution in [1.82, 2.24) is 9.55 Å². The first-order chi connectivity index (χ1) is 13.9. The van der Waals surface area contributed by atoms with Crippen LogP contribution in [0.2, 0.25) is 0 Å². The predicted molar refractivity (Wildman–Crippen MR) is 105 cm³/mol. The molecular weight excluding hydrogens is 375 g/mol. The van der Waals surface area contributed by atoms with E-state index in [1.807, 2.05) is 6.07 Å². The Morgan fingerprint density at radius 2 is 2.03 bits per heavy atom. The van der Waals surface area contributed by atoms with E-state index in [9.17, 15) is 19.3 Å². The van der Waals surface area contributed by atoms with Gasteiger partial charge in [-0.25, -0.2) is 9.37 Å². The van der Waals surface area contributed by atoms with Crippen LogP contribution in [0.15, 0.2) is 65.9 Å². The average molecular weight is 392 g/mol. The van der Waals surface area contributed by atoms with Gasteiger partial charge in [0.25, 0.3) is 5.69 Å². The van der Waals surface area contributed by atoms with Gasteiger partial charge in [-0.2, -0.15) is 0 Å². The summed E-state index contributed by atoms with van der Waals surface area (Å²) in [6.45, 7) is 1.69. The van der Waals surface area contributed by atoms with Crippen molar-refractivity contribution in [2.75, 3.05) is 0 Å². The van der Waals surface area contributed by atoms with Crippen LogP contribution in [0.5, 0.6) is 0 Å². The number of rotatable bonds is 5. The highest BCUT2D eigenvalue weighted by atomic mass is 19.1. The van der Waals surface area contributed by atoms with Gasteiger partial charge in [0.2, 0.25) is 0 Å². The molecule has 1 aliphatic heterocycles. The summed E-state index contributed by atoms with van der Waals surface area (Å²) in [5, 5.41) is 11.2. The van der Waals surface area contributed by atoms with E-state index in [1.165, 1.54) is 6.07 Å².